The highest BCUT2D eigenvalue weighted by Gasteiger charge is 2.28. The first-order valence-corrected chi connectivity index (χ1v) is 9.70. The minimum Gasteiger partial charge on any atom is -0.351 e. The molecule has 1 saturated carbocycles. The third kappa shape index (κ3) is 3.03. The second kappa shape index (κ2) is 6.83. The Morgan fingerprint density at radius 3 is 2.81 bits per heavy atom. The minimum absolute atomic E-state index is 0.0477. The van der Waals surface area contributed by atoms with Crippen LogP contribution >= 0.6 is 0 Å². The zero-order valence-corrected chi connectivity index (χ0v) is 16.1. The van der Waals surface area contributed by atoms with E-state index in [1.54, 1.807) is 6.20 Å². The van der Waals surface area contributed by atoms with Gasteiger partial charge in [0.2, 0.25) is 5.91 Å². The van der Waals surface area contributed by atoms with Gasteiger partial charge in [0.05, 0.1) is 6.20 Å². The second-order valence-electron chi connectivity index (χ2n) is 7.89. The van der Waals surface area contributed by atoms with Gasteiger partial charge in [-0.2, -0.15) is 5.10 Å². The van der Waals surface area contributed by atoms with E-state index in [0.717, 1.165) is 29.1 Å². The Morgan fingerprint density at radius 2 is 2.00 bits per heavy atom. The lowest BCUT2D eigenvalue weighted by Gasteiger charge is -2.34. The highest BCUT2D eigenvalue weighted by molar-refractivity contribution is 6.07. The maximum absolute atomic E-state index is 13.0. The molecule has 1 N–H and O–H groups in total. The molecule has 1 fully saturated rings. The normalized spacial score (nSPS) is 23.0. The predicted octanol–water partition coefficient (Wildman–Crippen LogP) is 2.83. The van der Waals surface area contributed by atoms with Crippen LogP contribution in [0.4, 0.5) is 0 Å². The number of nitrogens with zero attached hydrogens (tertiary/aromatic N) is 3. The van der Waals surface area contributed by atoms with Crippen molar-refractivity contribution in [2.75, 3.05) is 0 Å². The Balaban J connectivity index is 1.62. The molecule has 1 aliphatic rings. The number of aryl methyl sites for hydroxylation is 1. The molecule has 0 bridgehead atoms. The molecule has 1 aliphatic carbocycles. The lowest BCUT2D eigenvalue weighted by atomic mass is 9.78. The Bertz CT molecular complexity index is 1070. The molecule has 3 aromatic rings. The molecule has 0 radical (unpaired) electrons. The SMILES string of the molecule is C[C@@H]1[C@H](C)CCC[C@H]1NC(=O)Cn1ncc2c3ccccc3n(C)c2c1=O. The molecule has 6 heteroatoms. The number of benzene rings is 1. The Hall–Kier alpha value is -2.63. The van der Waals surface area contributed by atoms with Crippen LogP contribution in [0.3, 0.4) is 0 Å². The van der Waals surface area contributed by atoms with Gasteiger partial charge in [-0.3, -0.25) is 9.59 Å². The van der Waals surface area contributed by atoms with Crippen molar-refractivity contribution in [3.8, 4) is 0 Å². The molecule has 0 saturated heterocycles. The summed E-state index contributed by atoms with van der Waals surface area (Å²) in [5.41, 5.74) is 1.34. The van der Waals surface area contributed by atoms with E-state index < -0.39 is 0 Å². The molecule has 27 heavy (non-hydrogen) atoms. The number of para-hydroxylation sites is 1. The van der Waals surface area contributed by atoms with E-state index in [9.17, 15) is 9.59 Å². The third-order valence-electron chi connectivity index (χ3n) is 6.26. The van der Waals surface area contributed by atoms with Crippen LogP contribution in [0.15, 0.2) is 35.3 Å². The first-order valence-electron chi connectivity index (χ1n) is 9.70. The van der Waals surface area contributed by atoms with Crippen LogP contribution in [-0.4, -0.2) is 26.3 Å². The fourth-order valence-corrected chi connectivity index (χ4v) is 4.40. The van der Waals surface area contributed by atoms with Crippen molar-refractivity contribution in [2.45, 2.75) is 45.7 Å². The molecule has 2 aromatic heterocycles. The van der Waals surface area contributed by atoms with Gasteiger partial charge in [-0.25, -0.2) is 4.68 Å². The quantitative estimate of drug-likeness (QED) is 0.775. The largest absolute Gasteiger partial charge is 0.351 e. The van der Waals surface area contributed by atoms with Crippen molar-refractivity contribution in [3.63, 3.8) is 0 Å². The molecular formula is C21H26N4O2. The fraction of sp³-hybridized carbons (Fsp3) is 0.476. The van der Waals surface area contributed by atoms with Crippen LogP contribution in [0.1, 0.15) is 33.1 Å². The van der Waals surface area contributed by atoms with E-state index in [-0.39, 0.29) is 24.1 Å². The number of aromatic nitrogens is 3. The Kier molecular flexibility index (Phi) is 4.50. The number of hydrogen-bond acceptors (Lipinski definition) is 3. The Labute approximate surface area is 158 Å². The van der Waals surface area contributed by atoms with Crippen molar-refractivity contribution in [1.29, 1.82) is 0 Å². The van der Waals surface area contributed by atoms with Crippen LogP contribution in [0, 0.1) is 11.8 Å². The topological polar surface area (TPSA) is 68.9 Å². The van der Waals surface area contributed by atoms with E-state index in [1.165, 1.54) is 11.1 Å². The van der Waals surface area contributed by atoms with Crippen LogP contribution in [0.25, 0.3) is 21.8 Å². The van der Waals surface area contributed by atoms with Crippen molar-refractivity contribution in [2.24, 2.45) is 18.9 Å². The fourth-order valence-electron chi connectivity index (χ4n) is 4.40. The van der Waals surface area contributed by atoms with Crippen LogP contribution in [0.2, 0.25) is 0 Å². The number of carbonyl (C=O) groups is 1. The number of fused-ring (bicyclic) bond motifs is 3. The maximum Gasteiger partial charge on any atom is 0.291 e. The van der Waals surface area contributed by atoms with Crippen LogP contribution < -0.4 is 10.9 Å². The molecule has 1 amide bonds. The monoisotopic (exact) mass is 366 g/mol. The standard InChI is InChI=1S/C21H26N4O2/c1-13-7-6-9-17(14(13)2)23-19(26)12-25-21(27)20-16(11-22-25)15-8-4-5-10-18(15)24(20)3/h4-5,8,10-11,13-14,17H,6-7,9,12H2,1-3H3,(H,23,26)/t13-,14-,17-/m1/s1. The van der Waals surface area contributed by atoms with Crippen molar-refractivity contribution < 1.29 is 4.79 Å². The van der Waals surface area contributed by atoms with Gasteiger partial charge in [-0.15, -0.1) is 0 Å². The summed E-state index contributed by atoms with van der Waals surface area (Å²) in [5.74, 6) is 0.916. The smallest absolute Gasteiger partial charge is 0.291 e. The van der Waals surface area contributed by atoms with Gasteiger partial charge < -0.3 is 9.88 Å². The lowest BCUT2D eigenvalue weighted by molar-refractivity contribution is -0.123. The van der Waals surface area contributed by atoms with Crippen molar-refractivity contribution >= 4 is 27.7 Å². The molecule has 4 rings (SSSR count). The van der Waals surface area contributed by atoms with Gasteiger partial charge in [0.1, 0.15) is 12.1 Å². The third-order valence-corrected chi connectivity index (χ3v) is 6.26. The van der Waals surface area contributed by atoms with Crippen molar-refractivity contribution in [3.05, 3.63) is 40.8 Å². The van der Waals surface area contributed by atoms with Gasteiger partial charge in [-0.1, -0.05) is 44.9 Å². The van der Waals surface area contributed by atoms with E-state index in [4.69, 9.17) is 0 Å². The summed E-state index contributed by atoms with van der Waals surface area (Å²) in [4.78, 5) is 25.5. The summed E-state index contributed by atoms with van der Waals surface area (Å²) < 4.78 is 3.15. The number of rotatable bonds is 3. The van der Waals surface area contributed by atoms with E-state index in [0.29, 0.717) is 17.4 Å². The summed E-state index contributed by atoms with van der Waals surface area (Å²) in [6, 6.07) is 8.05. The van der Waals surface area contributed by atoms with Gasteiger partial charge in [0, 0.05) is 29.4 Å². The molecule has 2 heterocycles. The van der Waals surface area contributed by atoms with Crippen LogP contribution in [0.5, 0.6) is 0 Å². The molecule has 3 atom stereocenters. The molecule has 1 aromatic carbocycles. The molecule has 6 nitrogen and oxygen atoms in total. The lowest BCUT2D eigenvalue weighted by Crippen LogP contribution is -2.45. The maximum atomic E-state index is 13.0. The van der Waals surface area contributed by atoms with Crippen molar-refractivity contribution in [1.82, 2.24) is 19.7 Å². The van der Waals surface area contributed by atoms with Crippen LogP contribution in [-0.2, 0) is 18.4 Å². The molecule has 142 valence electrons. The van der Waals surface area contributed by atoms with Gasteiger partial charge in [0.15, 0.2) is 0 Å². The zero-order valence-electron chi connectivity index (χ0n) is 16.1. The summed E-state index contributed by atoms with van der Waals surface area (Å²) in [7, 11) is 1.88. The molecule has 0 spiro atoms. The van der Waals surface area contributed by atoms with E-state index in [2.05, 4.69) is 24.3 Å². The van der Waals surface area contributed by atoms with E-state index >= 15 is 0 Å². The average Bonchev–Trinajstić information content (AvgIpc) is 2.95. The highest BCUT2D eigenvalue weighted by Crippen LogP contribution is 2.29. The molecule has 0 unspecified atom stereocenters. The molecular weight excluding hydrogens is 340 g/mol. The first-order chi connectivity index (χ1) is 13.0. The number of nitrogens with one attached hydrogen (secondary N) is 1. The number of amides is 1. The summed E-state index contributed by atoms with van der Waals surface area (Å²) >= 11 is 0. The van der Waals surface area contributed by atoms with Gasteiger partial charge in [-0.05, 0) is 24.3 Å². The second-order valence-corrected chi connectivity index (χ2v) is 7.89. The summed E-state index contributed by atoms with van der Waals surface area (Å²) in [6.07, 6.45) is 5.04. The predicted molar refractivity (Wildman–Crippen MR) is 107 cm³/mol. The molecule has 0 aliphatic heterocycles. The number of carbonyl (C=O) groups excluding carboxylic acids is 1. The Morgan fingerprint density at radius 1 is 1.22 bits per heavy atom. The first kappa shape index (κ1) is 17.8. The van der Waals surface area contributed by atoms with Gasteiger partial charge in [0.25, 0.3) is 5.56 Å². The van der Waals surface area contributed by atoms with Gasteiger partial charge >= 0.3 is 0 Å². The highest BCUT2D eigenvalue weighted by atomic mass is 16.2. The zero-order chi connectivity index (χ0) is 19.1. The summed E-state index contributed by atoms with van der Waals surface area (Å²) in [5, 5.41) is 9.21. The summed E-state index contributed by atoms with van der Waals surface area (Å²) in [6.45, 7) is 4.39. The van der Waals surface area contributed by atoms with E-state index in [1.807, 2.05) is 35.9 Å². The average molecular weight is 366 g/mol. The minimum atomic E-state index is -0.230. The number of hydrogen-bond donors (Lipinski definition) is 1.